The van der Waals surface area contributed by atoms with Gasteiger partial charge >= 0.3 is 0 Å². The molecule has 0 aliphatic carbocycles. The van der Waals surface area contributed by atoms with Crippen molar-refractivity contribution in [3.05, 3.63) is 0 Å². The second-order valence-corrected chi connectivity index (χ2v) is 9.40. The molecule has 0 aromatic heterocycles. The maximum atomic E-state index is 2.47. The molecule has 0 aromatic rings. The molecule has 0 radical (unpaired) electrons. The molecule has 164 valence electrons. The molecule has 1 atom stereocenters. The minimum absolute atomic E-state index is 0.971. The topological polar surface area (TPSA) is 0 Å². The van der Waals surface area contributed by atoms with Crippen molar-refractivity contribution in [2.75, 3.05) is 0 Å². The Balaban J connectivity index is 3.06. The van der Waals surface area contributed by atoms with Gasteiger partial charge in [-0.15, -0.1) is 0 Å². The molecule has 0 fully saturated rings. The van der Waals surface area contributed by atoms with Crippen LogP contribution in [0.5, 0.6) is 0 Å². The molecule has 27 heavy (non-hydrogen) atoms. The van der Waals surface area contributed by atoms with Crippen LogP contribution in [0.2, 0.25) is 0 Å². The summed E-state index contributed by atoms with van der Waals surface area (Å²) in [6.07, 6.45) is 33.8. The normalized spacial score (nSPS) is 12.6. The van der Waals surface area contributed by atoms with Gasteiger partial charge in [0.2, 0.25) is 0 Å². The summed E-state index contributed by atoms with van der Waals surface area (Å²) < 4.78 is 0. The second-order valence-electron chi connectivity index (χ2n) is 9.40. The third-order valence-electron chi connectivity index (χ3n) is 6.35. The highest BCUT2D eigenvalue weighted by Gasteiger charge is 2.02. The first-order valence-electron chi connectivity index (χ1n) is 13.3. The van der Waals surface area contributed by atoms with Crippen LogP contribution in [-0.4, -0.2) is 0 Å². The Morgan fingerprint density at radius 1 is 0.333 bits per heavy atom. The van der Waals surface area contributed by atoms with Crippen molar-refractivity contribution in [2.24, 2.45) is 5.92 Å². The lowest BCUT2D eigenvalue weighted by Crippen LogP contribution is -1.95. The average Bonchev–Trinajstić information content (AvgIpc) is 2.67. The van der Waals surface area contributed by atoms with E-state index in [1.54, 1.807) is 0 Å². The first kappa shape index (κ1) is 27.0. The van der Waals surface area contributed by atoms with Gasteiger partial charge in [0.1, 0.15) is 0 Å². The fourth-order valence-electron chi connectivity index (χ4n) is 4.28. The Hall–Kier alpha value is 0. The van der Waals surface area contributed by atoms with Gasteiger partial charge in [0.15, 0.2) is 0 Å². The summed E-state index contributed by atoms with van der Waals surface area (Å²) in [5, 5.41) is 0. The Kier molecular flexibility index (Phi) is 24.0. The van der Waals surface area contributed by atoms with Crippen LogP contribution < -0.4 is 0 Å². The smallest absolute Gasteiger partial charge is 0.0443 e. The zero-order valence-corrected chi connectivity index (χ0v) is 19.8. The van der Waals surface area contributed by atoms with E-state index in [-0.39, 0.29) is 0 Å². The summed E-state index contributed by atoms with van der Waals surface area (Å²) >= 11 is 0. The molecule has 0 aromatic carbocycles. The van der Waals surface area contributed by atoms with E-state index in [9.17, 15) is 0 Å². The van der Waals surface area contributed by atoms with E-state index in [0.717, 1.165) is 5.92 Å². The van der Waals surface area contributed by atoms with Gasteiger partial charge in [-0.05, 0) is 5.92 Å². The molecule has 0 nitrogen and oxygen atoms in total. The van der Waals surface area contributed by atoms with Gasteiger partial charge in [-0.1, -0.05) is 168 Å². The Labute approximate surface area is 174 Å². The Morgan fingerprint density at radius 2 is 0.556 bits per heavy atom. The van der Waals surface area contributed by atoms with E-state index in [1.807, 2.05) is 0 Å². The van der Waals surface area contributed by atoms with Gasteiger partial charge in [0, 0.05) is 0 Å². The molecule has 0 aliphatic heterocycles. The van der Waals surface area contributed by atoms with E-state index in [4.69, 9.17) is 0 Å². The molecule has 0 amide bonds. The minimum atomic E-state index is 0.971. The summed E-state index contributed by atoms with van der Waals surface area (Å²) in [5.74, 6) is 0.971. The highest BCUT2D eigenvalue weighted by Crippen LogP contribution is 2.18. The maximum absolute atomic E-state index is 2.47. The van der Waals surface area contributed by atoms with E-state index in [1.165, 1.54) is 148 Å². The molecule has 0 N–H and O–H groups in total. The molecule has 0 rings (SSSR count). The number of hydrogen-bond acceptors (Lipinski definition) is 0. The van der Waals surface area contributed by atoms with Crippen LogP contribution >= 0.6 is 0 Å². The fraction of sp³-hybridized carbons (Fsp3) is 1.00. The number of hydrogen-bond donors (Lipinski definition) is 0. The van der Waals surface area contributed by atoms with Gasteiger partial charge < -0.3 is 0 Å². The molecule has 0 heterocycles. The van der Waals surface area contributed by atoms with Crippen molar-refractivity contribution >= 4 is 0 Å². The zero-order chi connectivity index (χ0) is 19.8. The fourth-order valence-corrected chi connectivity index (χ4v) is 4.28. The molecule has 0 aliphatic rings. The van der Waals surface area contributed by atoms with Gasteiger partial charge in [-0.25, -0.2) is 0 Å². The van der Waals surface area contributed by atoms with E-state index in [0.29, 0.717) is 0 Å². The molecule has 0 heteroatoms. The summed E-state index contributed by atoms with van der Waals surface area (Å²) in [6.45, 7) is 7.08. The second kappa shape index (κ2) is 24.0. The number of unbranched alkanes of at least 4 members (excludes halogenated alkanes) is 19. The third-order valence-corrected chi connectivity index (χ3v) is 6.35. The average molecular weight is 381 g/mol. The van der Waals surface area contributed by atoms with Crippen LogP contribution in [0.1, 0.15) is 168 Å². The van der Waals surface area contributed by atoms with E-state index < -0.39 is 0 Å². The number of rotatable bonds is 23. The maximum Gasteiger partial charge on any atom is -0.0443 e. The van der Waals surface area contributed by atoms with Gasteiger partial charge in [-0.2, -0.15) is 0 Å². The molecular weight excluding hydrogens is 324 g/mol. The summed E-state index contributed by atoms with van der Waals surface area (Å²) in [7, 11) is 0. The molecule has 1 unspecified atom stereocenters. The van der Waals surface area contributed by atoms with Crippen LogP contribution in [-0.2, 0) is 0 Å². The van der Waals surface area contributed by atoms with Crippen LogP contribution in [0.15, 0.2) is 0 Å². The van der Waals surface area contributed by atoms with Gasteiger partial charge in [0.05, 0.1) is 0 Å². The van der Waals surface area contributed by atoms with Crippen molar-refractivity contribution in [1.82, 2.24) is 0 Å². The summed E-state index contributed by atoms with van der Waals surface area (Å²) in [4.78, 5) is 0. The predicted octanol–water partition coefficient (Wildman–Crippen LogP) is 10.6. The van der Waals surface area contributed by atoms with Crippen molar-refractivity contribution < 1.29 is 0 Å². The highest BCUT2D eigenvalue weighted by molar-refractivity contribution is 4.56. The molecular formula is C27H56. The SMILES string of the molecule is CCCCCCCCCCCCCCCCCCCC(C)CCCCCC. The zero-order valence-electron chi connectivity index (χ0n) is 19.8. The molecule has 0 saturated heterocycles. The standard InChI is InChI=1S/C27H56/c1-4-6-8-10-11-12-13-14-15-16-17-18-19-20-21-22-24-26-27(3)25-23-9-7-5-2/h27H,4-26H2,1-3H3. The van der Waals surface area contributed by atoms with Gasteiger partial charge in [-0.3, -0.25) is 0 Å². The Morgan fingerprint density at radius 3 is 0.852 bits per heavy atom. The summed E-state index contributed by atoms with van der Waals surface area (Å²) in [5.41, 5.74) is 0. The quantitative estimate of drug-likeness (QED) is 0.155. The lowest BCUT2D eigenvalue weighted by atomic mass is 9.96. The lowest BCUT2D eigenvalue weighted by Gasteiger charge is -2.10. The minimum Gasteiger partial charge on any atom is -0.0654 e. The first-order valence-corrected chi connectivity index (χ1v) is 13.3. The van der Waals surface area contributed by atoms with Crippen molar-refractivity contribution in [1.29, 1.82) is 0 Å². The van der Waals surface area contributed by atoms with Crippen molar-refractivity contribution in [2.45, 2.75) is 168 Å². The van der Waals surface area contributed by atoms with Gasteiger partial charge in [0.25, 0.3) is 0 Å². The Bertz CT molecular complexity index is 244. The first-order chi connectivity index (χ1) is 13.3. The van der Waals surface area contributed by atoms with E-state index in [2.05, 4.69) is 20.8 Å². The summed E-state index contributed by atoms with van der Waals surface area (Å²) in [6, 6.07) is 0. The molecule has 0 saturated carbocycles. The molecule has 0 bridgehead atoms. The molecule has 0 spiro atoms. The monoisotopic (exact) mass is 380 g/mol. The highest BCUT2D eigenvalue weighted by atomic mass is 14.1. The van der Waals surface area contributed by atoms with Crippen LogP contribution in [0.4, 0.5) is 0 Å². The third kappa shape index (κ3) is 24.0. The van der Waals surface area contributed by atoms with Crippen LogP contribution in [0.25, 0.3) is 0 Å². The lowest BCUT2D eigenvalue weighted by molar-refractivity contribution is 0.433. The van der Waals surface area contributed by atoms with E-state index >= 15 is 0 Å². The largest absolute Gasteiger partial charge is 0.0654 e. The van der Waals surface area contributed by atoms with Crippen molar-refractivity contribution in [3.8, 4) is 0 Å². The van der Waals surface area contributed by atoms with Crippen LogP contribution in [0.3, 0.4) is 0 Å². The van der Waals surface area contributed by atoms with Crippen LogP contribution in [0, 0.1) is 5.92 Å². The van der Waals surface area contributed by atoms with Crippen molar-refractivity contribution in [3.63, 3.8) is 0 Å². The predicted molar refractivity (Wildman–Crippen MR) is 127 cm³/mol.